The summed E-state index contributed by atoms with van der Waals surface area (Å²) in [5, 5.41) is 0. The van der Waals surface area contributed by atoms with Crippen LogP contribution in [0.2, 0.25) is 0 Å². The van der Waals surface area contributed by atoms with Gasteiger partial charge in [-0.05, 0) is 31.4 Å². The number of rotatable bonds is 5. The minimum atomic E-state index is -3.52. The lowest BCUT2D eigenvalue weighted by Crippen LogP contribution is -2.43. The standard InChI is InChI=1S/C16H20O5S/c1-21-15(18)16(10-6-5-9-14(16)17)11-12-22(19,20)13-7-3-2-4-8-13/h2-4,7-8H,5-6,9-12H2,1H3/t16-/m0/s1. The molecule has 0 heterocycles. The Bertz CT molecular complexity index is 640. The van der Waals surface area contributed by atoms with Crippen molar-refractivity contribution in [3.05, 3.63) is 30.3 Å². The maximum absolute atomic E-state index is 12.4. The Morgan fingerprint density at radius 1 is 1.23 bits per heavy atom. The van der Waals surface area contributed by atoms with Crippen molar-refractivity contribution >= 4 is 21.6 Å². The number of methoxy groups -OCH3 is 1. The van der Waals surface area contributed by atoms with E-state index in [0.717, 1.165) is 12.8 Å². The van der Waals surface area contributed by atoms with Crippen LogP contribution in [0.1, 0.15) is 32.1 Å². The second-order valence-corrected chi connectivity index (χ2v) is 7.70. The van der Waals surface area contributed by atoms with Crippen LogP contribution in [-0.2, 0) is 24.2 Å². The second-order valence-electron chi connectivity index (χ2n) is 5.59. The predicted molar refractivity (Wildman–Crippen MR) is 81.0 cm³/mol. The van der Waals surface area contributed by atoms with E-state index in [-0.39, 0.29) is 22.9 Å². The molecule has 1 aromatic rings. The van der Waals surface area contributed by atoms with Gasteiger partial charge in [-0.1, -0.05) is 24.6 Å². The van der Waals surface area contributed by atoms with Gasteiger partial charge in [0.05, 0.1) is 17.8 Å². The summed E-state index contributed by atoms with van der Waals surface area (Å²) in [6.07, 6.45) is 2.12. The number of benzene rings is 1. The third kappa shape index (κ3) is 3.21. The van der Waals surface area contributed by atoms with Gasteiger partial charge < -0.3 is 4.74 Å². The molecule has 22 heavy (non-hydrogen) atoms. The molecule has 5 nitrogen and oxygen atoms in total. The molecule has 0 N–H and O–H groups in total. The first kappa shape index (κ1) is 16.7. The fourth-order valence-electron chi connectivity index (χ4n) is 2.92. The molecule has 1 aromatic carbocycles. The van der Waals surface area contributed by atoms with Crippen molar-refractivity contribution in [3.8, 4) is 0 Å². The van der Waals surface area contributed by atoms with Gasteiger partial charge in [-0.25, -0.2) is 8.42 Å². The van der Waals surface area contributed by atoms with Gasteiger partial charge in [0.2, 0.25) is 0 Å². The number of ketones is 1. The predicted octanol–water partition coefficient (Wildman–Crippen LogP) is 2.15. The third-order valence-electron chi connectivity index (χ3n) is 4.27. The lowest BCUT2D eigenvalue weighted by Gasteiger charge is -2.32. The zero-order valence-corrected chi connectivity index (χ0v) is 13.4. The normalized spacial score (nSPS) is 22.3. The quantitative estimate of drug-likeness (QED) is 0.612. The topological polar surface area (TPSA) is 77.5 Å². The van der Waals surface area contributed by atoms with Crippen LogP contribution in [0, 0.1) is 5.41 Å². The SMILES string of the molecule is COC(=O)[C@]1(CCS(=O)(=O)c2ccccc2)CCCCC1=O. The Hall–Kier alpha value is -1.69. The highest BCUT2D eigenvalue weighted by Gasteiger charge is 2.48. The molecule has 6 heteroatoms. The summed E-state index contributed by atoms with van der Waals surface area (Å²) in [6.45, 7) is 0. The molecule has 1 saturated carbocycles. The number of sulfone groups is 1. The van der Waals surface area contributed by atoms with Crippen LogP contribution in [0.4, 0.5) is 0 Å². The van der Waals surface area contributed by atoms with Crippen molar-refractivity contribution < 1.29 is 22.7 Å². The van der Waals surface area contributed by atoms with Crippen LogP contribution < -0.4 is 0 Å². The van der Waals surface area contributed by atoms with Crippen molar-refractivity contribution in [2.24, 2.45) is 5.41 Å². The van der Waals surface area contributed by atoms with Gasteiger partial charge in [0.1, 0.15) is 11.2 Å². The molecule has 0 bridgehead atoms. The summed E-state index contributed by atoms with van der Waals surface area (Å²) in [7, 11) is -2.29. The molecular formula is C16H20O5S. The van der Waals surface area contributed by atoms with Crippen LogP contribution in [0.3, 0.4) is 0 Å². The molecule has 0 radical (unpaired) electrons. The molecule has 2 rings (SSSR count). The van der Waals surface area contributed by atoms with E-state index in [1.54, 1.807) is 18.2 Å². The zero-order valence-electron chi connectivity index (χ0n) is 12.6. The molecule has 1 fully saturated rings. The van der Waals surface area contributed by atoms with E-state index in [1.165, 1.54) is 19.2 Å². The summed E-state index contributed by atoms with van der Waals surface area (Å²) in [5.41, 5.74) is -1.30. The number of hydrogen-bond donors (Lipinski definition) is 0. The van der Waals surface area contributed by atoms with Crippen LogP contribution in [0.15, 0.2) is 35.2 Å². The number of carbonyl (C=O) groups is 2. The second kappa shape index (κ2) is 6.60. The van der Waals surface area contributed by atoms with Crippen molar-refractivity contribution in [2.75, 3.05) is 12.9 Å². The summed E-state index contributed by atoms with van der Waals surface area (Å²) in [5.74, 6) is -1.05. The van der Waals surface area contributed by atoms with Gasteiger partial charge in [0, 0.05) is 6.42 Å². The molecule has 0 saturated heterocycles. The number of ether oxygens (including phenoxy) is 1. The maximum Gasteiger partial charge on any atom is 0.319 e. The Morgan fingerprint density at radius 2 is 1.91 bits per heavy atom. The summed E-state index contributed by atoms with van der Waals surface area (Å²) < 4.78 is 29.5. The van der Waals surface area contributed by atoms with E-state index in [2.05, 4.69) is 0 Å². The highest BCUT2D eigenvalue weighted by atomic mass is 32.2. The highest BCUT2D eigenvalue weighted by molar-refractivity contribution is 7.91. The van der Waals surface area contributed by atoms with Gasteiger partial charge in [-0.2, -0.15) is 0 Å². The van der Waals surface area contributed by atoms with Gasteiger partial charge in [0.25, 0.3) is 0 Å². The van der Waals surface area contributed by atoms with E-state index < -0.39 is 21.2 Å². The van der Waals surface area contributed by atoms with Crippen molar-refractivity contribution in [1.29, 1.82) is 0 Å². The van der Waals surface area contributed by atoms with Crippen LogP contribution in [0.25, 0.3) is 0 Å². The average molecular weight is 324 g/mol. The maximum atomic E-state index is 12.4. The molecule has 1 aliphatic carbocycles. The van der Waals surface area contributed by atoms with Crippen molar-refractivity contribution in [2.45, 2.75) is 37.0 Å². The summed E-state index contributed by atoms with van der Waals surface area (Å²) in [6, 6.07) is 8.06. The van der Waals surface area contributed by atoms with Gasteiger partial charge in [0.15, 0.2) is 9.84 Å². The number of Topliss-reactive ketones (excluding diaryl/α,β-unsaturated/α-hetero) is 1. The first-order valence-corrected chi connectivity index (χ1v) is 8.97. The van der Waals surface area contributed by atoms with Crippen LogP contribution in [-0.4, -0.2) is 33.0 Å². The fraction of sp³-hybridized carbons (Fsp3) is 0.500. The monoisotopic (exact) mass is 324 g/mol. The molecule has 120 valence electrons. The van der Waals surface area contributed by atoms with E-state index >= 15 is 0 Å². The smallest absolute Gasteiger partial charge is 0.319 e. The molecule has 1 aliphatic rings. The zero-order chi connectivity index (χ0) is 16.2. The average Bonchev–Trinajstić information content (AvgIpc) is 2.54. The lowest BCUT2D eigenvalue weighted by molar-refractivity contribution is -0.160. The number of esters is 1. The minimum absolute atomic E-state index is 0.0181. The summed E-state index contributed by atoms with van der Waals surface area (Å²) >= 11 is 0. The lowest BCUT2D eigenvalue weighted by atomic mass is 9.71. The highest BCUT2D eigenvalue weighted by Crippen LogP contribution is 2.38. The van der Waals surface area contributed by atoms with Crippen LogP contribution in [0.5, 0.6) is 0 Å². The Labute approximate surface area is 130 Å². The van der Waals surface area contributed by atoms with Crippen LogP contribution >= 0.6 is 0 Å². The van der Waals surface area contributed by atoms with E-state index in [0.29, 0.717) is 12.8 Å². The molecular weight excluding hydrogens is 304 g/mol. The minimum Gasteiger partial charge on any atom is -0.468 e. The Balaban J connectivity index is 2.22. The van der Waals surface area contributed by atoms with E-state index in [1.807, 2.05) is 0 Å². The van der Waals surface area contributed by atoms with Crippen molar-refractivity contribution in [3.63, 3.8) is 0 Å². The molecule has 1 atom stereocenters. The Kier molecular flexibility index (Phi) is 5.01. The molecule has 0 amide bonds. The number of hydrogen-bond acceptors (Lipinski definition) is 5. The van der Waals surface area contributed by atoms with E-state index in [4.69, 9.17) is 4.74 Å². The molecule has 0 spiro atoms. The Morgan fingerprint density at radius 3 is 2.50 bits per heavy atom. The number of carbonyl (C=O) groups excluding carboxylic acids is 2. The largest absolute Gasteiger partial charge is 0.468 e. The third-order valence-corrected chi connectivity index (χ3v) is 6.00. The summed E-state index contributed by atoms with van der Waals surface area (Å²) in [4.78, 5) is 24.6. The first-order chi connectivity index (χ1) is 10.4. The molecule has 0 aliphatic heterocycles. The fourth-order valence-corrected chi connectivity index (χ4v) is 4.35. The van der Waals surface area contributed by atoms with Crippen molar-refractivity contribution in [1.82, 2.24) is 0 Å². The molecule has 0 unspecified atom stereocenters. The van der Waals surface area contributed by atoms with Gasteiger partial charge >= 0.3 is 5.97 Å². The first-order valence-electron chi connectivity index (χ1n) is 7.32. The molecule has 0 aromatic heterocycles. The van der Waals surface area contributed by atoms with Gasteiger partial charge in [-0.3, -0.25) is 9.59 Å². The van der Waals surface area contributed by atoms with Gasteiger partial charge in [-0.15, -0.1) is 0 Å². The van der Waals surface area contributed by atoms with E-state index in [9.17, 15) is 18.0 Å².